The first-order valence-corrected chi connectivity index (χ1v) is 12.3. The molecule has 0 bridgehead atoms. The minimum absolute atomic E-state index is 0.0372. The number of aromatic nitrogens is 3. The van der Waals surface area contributed by atoms with Crippen LogP contribution < -0.4 is 30.8 Å². The number of nitrogens with zero attached hydrogens (tertiary/aromatic N) is 3. The minimum Gasteiger partial charge on any atom is -0.486 e. The first kappa shape index (κ1) is 25.7. The number of hydrogen-bond acceptors (Lipinski definition) is 7. The van der Waals surface area contributed by atoms with Gasteiger partial charge in [-0.25, -0.2) is 18.1 Å². The van der Waals surface area contributed by atoms with Gasteiger partial charge < -0.3 is 24.1 Å². The number of benzene rings is 3. The van der Waals surface area contributed by atoms with Crippen LogP contribution in [0, 0.1) is 11.6 Å². The Morgan fingerprint density at radius 2 is 1.76 bits per heavy atom. The maximum Gasteiger partial charge on any atom is 0.335 e. The lowest BCUT2D eigenvalue weighted by Crippen LogP contribution is -2.41. The quantitative estimate of drug-likeness (QED) is 0.344. The standard InChI is InChI=1S/C29H20F2N4O6/c1-34-15-19(28(37)35(29(34)38)18-5-2-16(30)3-6-18)27(36)33-17-4-8-22(20(31)14-17)41-23-10-11-32-21-7-9-24-26(25(21)23)40-13-12-39-24/h2-11,14-15H,12-13H2,1H3,(H,33,36). The average Bonchev–Trinajstić information content (AvgIpc) is 2.97. The number of halogens is 2. The minimum atomic E-state index is -0.920. The van der Waals surface area contributed by atoms with E-state index in [0.29, 0.717) is 41.4 Å². The number of anilines is 1. The SMILES string of the molecule is Cn1cc(C(=O)Nc2ccc(Oc3ccnc4ccc5c(c34)OCCO5)c(F)c2)c(=O)n(-c2ccc(F)cc2)c1=O. The van der Waals surface area contributed by atoms with Crippen LogP contribution in [-0.2, 0) is 7.05 Å². The van der Waals surface area contributed by atoms with E-state index in [1.807, 2.05) is 0 Å². The Morgan fingerprint density at radius 1 is 0.976 bits per heavy atom. The van der Waals surface area contributed by atoms with Crippen molar-refractivity contribution in [3.63, 3.8) is 0 Å². The Balaban J connectivity index is 1.28. The largest absolute Gasteiger partial charge is 0.486 e. The van der Waals surface area contributed by atoms with Crippen molar-refractivity contribution in [2.75, 3.05) is 18.5 Å². The molecular weight excluding hydrogens is 538 g/mol. The summed E-state index contributed by atoms with van der Waals surface area (Å²) in [4.78, 5) is 43.0. The van der Waals surface area contributed by atoms with Gasteiger partial charge in [-0.15, -0.1) is 0 Å². The Labute approximate surface area is 230 Å². The normalized spacial score (nSPS) is 12.3. The van der Waals surface area contributed by atoms with Crippen molar-refractivity contribution in [3.05, 3.63) is 111 Å². The highest BCUT2D eigenvalue weighted by atomic mass is 19.1. The molecule has 0 saturated carbocycles. The molecule has 0 fully saturated rings. The summed E-state index contributed by atoms with van der Waals surface area (Å²) in [5.41, 5.74) is -1.34. The lowest BCUT2D eigenvalue weighted by molar-refractivity contribution is 0.102. The molecule has 1 amide bonds. The lowest BCUT2D eigenvalue weighted by Gasteiger charge is -2.21. The van der Waals surface area contributed by atoms with E-state index in [1.165, 1.54) is 37.5 Å². The highest BCUT2D eigenvalue weighted by molar-refractivity contribution is 6.04. The molecule has 3 heterocycles. The third kappa shape index (κ3) is 4.75. The van der Waals surface area contributed by atoms with Crippen LogP contribution in [-0.4, -0.2) is 33.2 Å². The molecule has 12 heteroatoms. The van der Waals surface area contributed by atoms with E-state index in [4.69, 9.17) is 14.2 Å². The van der Waals surface area contributed by atoms with Crippen molar-refractivity contribution in [1.29, 1.82) is 0 Å². The molecule has 0 spiro atoms. The lowest BCUT2D eigenvalue weighted by atomic mass is 10.1. The van der Waals surface area contributed by atoms with Gasteiger partial charge >= 0.3 is 5.69 Å². The Bertz CT molecular complexity index is 1950. The zero-order valence-corrected chi connectivity index (χ0v) is 21.4. The van der Waals surface area contributed by atoms with Crippen molar-refractivity contribution in [2.45, 2.75) is 0 Å². The molecule has 1 aliphatic rings. The van der Waals surface area contributed by atoms with Crippen molar-refractivity contribution >= 4 is 22.5 Å². The number of nitrogens with one attached hydrogen (secondary N) is 1. The number of ether oxygens (including phenoxy) is 3. The maximum atomic E-state index is 15.2. The van der Waals surface area contributed by atoms with E-state index in [2.05, 4.69) is 10.3 Å². The van der Waals surface area contributed by atoms with Crippen LogP contribution in [0.4, 0.5) is 14.5 Å². The summed E-state index contributed by atoms with van der Waals surface area (Å²) in [6, 6.07) is 13.5. The van der Waals surface area contributed by atoms with Crippen LogP contribution in [0.1, 0.15) is 10.4 Å². The molecule has 0 aliphatic carbocycles. The van der Waals surface area contributed by atoms with Gasteiger partial charge in [0.25, 0.3) is 11.5 Å². The summed E-state index contributed by atoms with van der Waals surface area (Å²) in [6.07, 6.45) is 2.60. The second kappa shape index (κ2) is 10.2. The van der Waals surface area contributed by atoms with Gasteiger partial charge in [-0.1, -0.05) is 0 Å². The summed E-state index contributed by atoms with van der Waals surface area (Å²) in [5, 5.41) is 2.99. The Morgan fingerprint density at radius 3 is 2.54 bits per heavy atom. The molecule has 41 heavy (non-hydrogen) atoms. The molecule has 3 aromatic carbocycles. The highest BCUT2D eigenvalue weighted by Crippen LogP contribution is 2.43. The zero-order chi connectivity index (χ0) is 28.7. The third-order valence-electron chi connectivity index (χ3n) is 6.36. The maximum absolute atomic E-state index is 15.2. The van der Waals surface area contributed by atoms with E-state index < -0.39 is 28.8 Å². The van der Waals surface area contributed by atoms with Crippen LogP contribution >= 0.6 is 0 Å². The van der Waals surface area contributed by atoms with E-state index in [9.17, 15) is 18.8 Å². The number of amides is 1. The van der Waals surface area contributed by atoms with E-state index in [1.54, 1.807) is 18.2 Å². The molecule has 206 valence electrons. The van der Waals surface area contributed by atoms with Gasteiger partial charge in [-0.3, -0.25) is 14.6 Å². The monoisotopic (exact) mass is 558 g/mol. The first-order chi connectivity index (χ1) is 19.8. The van der Waals surface area contributed by atoms with Crippen LogP contribution in [0.25, 0.3) is 16.6 Å². The number of rotatable bonds is 5. The summed E-state index contributed by atoms with van der Waals surface area (Å²) in [6.45, 7) is 0.740. The van der Waals surface area contributed by atoms with E-state index >= 15 is 4.39 Å². The molecular formula is C29H20F2N4O6. The van der Waals surface area contributed by atoms with Crippen molar-refractivity contribution in [3.8, 4) is 28.7 Å². The molecule has 0 unspecified atom stereocenters. The molecule has 10 nitrogen and oxygen atoms in total. The summed E-state index contributed by atoms with van der Waals surface area (Å²) < 4.78 is 47.6. The summed E-state index contributed by atoms with van der Waals surface area (Å²) in [7, 11) is 1.36. The number of fused-ring (bicyclic) bond motifs is 3. The smallest absolute Gasteiger partial charge is 0.335 e. The fourth-order valence-corrected chi connectivity index (χ4v) is 4.43. The summed E-state index contributed by atoms with van der Waals surface area (Å²) >= 11 is 0. The second-order valence-corrected chi connectivity index (χ2v) is 9.05. The van der Waals surface area contributed by atoms with Crippen LogP contribution in [0.3, 0.4) is 0 Å². The zero-order valence-electron chi connectivity index (χ0n) is 21.4. The van der Waals surface area contributed by atoms with Gasteiger partial charge in [0.05, 0.1) is 16.6 Å². The highest BCUT2D eigenvalue weighted by Gasteiger charge is 2.21. The molecule has 0 saturated heterocycles. The fraction of sp³-hybridized carbons (Fsp3) is 0.103. The van der Waals surface area contributed by atoms with Gasteiger partial charge in [0.15, 0.2) is 23.1 Å². The van der Waals surface area contributed by atoms with Crippen molar-refractivity contribution in [1.82, 2.24) is 14.1 Å². The molecule has 1 aliphatic heterocycles. The molecule has 0 radical (unpaired) electrons. The molecule has 2 aromatic heterocycles. The van der Waals surface area contributed by atoms with Crippen molar-refractivity contribution < 1.29 is 27.8 Å². The fourth-order valence-electron chi connectivity index (χ4n) is 4.43. The molecule has 6 rings (SSSR count). The first-order valence-electron chi connectivity index (χ1n) is 12.3. The number of carbonyl (C=O) groups excluding carboxylic acids is 1. The van der Waals surface area contributed by atoms with Crippen LogP contribution in [0.5, 0.6) is 23.0 Å². The van der Waals surface area contributed by atoms with Crippen LogP contribution in [0.15, 0.2) is 82.6 Å². The van der Waals surface area contributed by atoms with Gasteiger partial charge in [0.1, 0.15) is 30.3 Å². The average molecular weight is 558 g/mol. The van der Waals surface area contributed by atoms with Gasteiger partial charge in [-0.2, -0.15) is 0 Å². The topological polar surface area (TPSA) is 114 Å². The number of pyridine rings is 1. The van der Waals surface area contributed by atoms with Gasteiger partial charge in [-0.05, 0) is 54.6 Å². The number of hydrogen-bond donors (Lipinski definition) is 1. The molecule has 5 aromatic rings. The predicted molar refractivity (Wildman–Crippen MR) is 144 cm³/mol. The Hall–Kier alpha value is -5.52. The molecule has 0 atom stereocenters. The number of aryl methyl sites for hydroxylation is 1. The van der Waals surface area contributed by atoms with Crippen LogP contribution in [0.2, 0.25) is 0 Å². The Kier molecular flexibility index (Phi) is 6.42. The number of carbonyl (C=O) groups is 1. The predicted octanol–water partition coefficient (Wildman–Crippen LogP) is 4.18. The third-order valence-corrected chi connectivity index (χ3v) is 6.36. The van der Waals surface area contributed by atoms with E-state index in [-0.39, 0.29) is 22.7 Å². The van der Waals surface area contributed by atoms with E-state index in [0.717, 1.165) is 33.5 Å². The van der Waals surface area contributed by atoms with Crippen molar-refractivity contribution in [2.24, 2.45) is 7.05 Å². The molecule has 1 N–H and O–H groups in total. The van der Waals surface area contributed by atoms with Gasteiger partial charge in [0.2, 0.25) is 0 Å². The van der Waals surface area contributed by atoms with Gasteiger partial charge in [0, 0.05) is 31.2 Å². The summed E-state index contributed by atoms with van der Waals surface area (Å²) in [5.74, 6) is -1.09. The second-order valence-electron chi connectivity index (χ2n) is 9.05.